The van der Waals surface area contributed by atoms with E-state index >= 15 is 0 Å². The fourth-order valence-corrected chi connectivity index (χ4v) is 2.68. The number of carbonyl (C=O) groups is 2. The molecule has 1 fully saturated rings. The number of rotatable bonds is 5. The molecule has 0 bridgehead atoms. The second-order valence-corrected chi connectivity index (χ2v) is 5.82. The van der Waals surface area contributed by atoms with Crippen molar-refractivity contribution < 1.29 is 19.1 Å². The molecule has 1 N–H and O–H groups in total. The van der Waals surface area contributed by atoms with Gasteiger partial charge < -0.3 is 19.7 Å². The van der Waals surface area contributed by atoms with Crippen LogP contribution in [0, 0.1) is 12.8 Å². The molecule has 126 valence electrons. The monoisotopic (exact) mass is 320 g/mol. The molecule has 1 atom stereocenters. The summed E-state index contributed by atoms with van der Waals surface area (Å²) in [5.74, 6) is 1.09. The number of amides is 2. The molecule has 1 saturated heterocycles. The normalized spacial score (nSPS) is 17.5. The van der Waals surface area contributed by atoms with Crippen LogP contribution in [0.1, 0.15) is 18.4 Å². The van der Waals surface area contributed by atoms with E-state index in [9.17, 15) is 9.59 Å². The van der Waals surface area contributed by atoms with Crippen LogP contribution >= 0.6 is 0 Å². The zero-order valence-corrected chi connectivity index (χ0v) is 13.7. The van der Waals surface area contributed by atoms with E-state index in [1.165, 1.54) is 7.11 Å². The number of likely N-dealkylation sites (tertiary alicyclic amines) is 1. The van der Waals surface area contributed by atoms with Crippen molar-refractivity contribution in [1.82, 2.24) is 10.2 Å². The van der Waals surface area contributed by atoms with E-state index in [1.807, 2.05) is 31.2 Å². The lowest BCUT2D eigenvalue weighted by Crippen LogP contribution is -2.46. The molecule has 1 aromatic carbocycles. The average Bonchev–Trinajstić information content (AvgIpc) is 2.58. The van der Waals surface area contributed by atoms with Gasteiger partial charge in [0.25, 0.3) is 0 Å². The predicted octanol–water partition coefficient (Wildman–Crippen LogP) is 1.97. The van der Waals surface area contributed by atoms with Gasteiger partial charge >= 0.3 is 6.09 Å². The summed E-state index contributed by atoms with van der Waals surface area (Å²) in [7, 11) is 1.28. The molecule has 0 unspecified atom stereocenters. The van der Waals surface area contributed by atoms with E-state index in [2.05, 4.69) is 10.1 Å². The quantitative estimate of drug-likeness (QED) is 0.900. The maximum Gasteiger partial charge on any atom is 0.407 e. The molecule has 2 amide bonds. The Morgan fingerprint density at radius 3 is 2.96 bits per heavy atom. The lowest BCUT2D eigenvalue weighted by Gasteiger charge is -2.32. The Morgan fingerprint density at radius 1 is 1.39 bits per heavy atom. The molecule has 2 rings (SSSR count). The Morgan fingerprint density at radius 2 is 2.22 bits per heavy atom. The van der Waals surface area contributed by atoms with Gasteiger partial charge in [-0.3, -0.25) is 4.79 Å². The van der Waals surface area contributed by atoms with Gasteiger partial charge in [-0.15, -0.1) is 0 Å². The fraction of sp³-hybridized carbons (Fsp3) is 0.529. The van der Waals surface area contributed by atoms with Crippen molar-refractivity contribution in [2.75, 3.05) is 33.4 Å². The lowest BCUT2D eigenvalue weighted by molar-refractivity contribution is -0.132. The number of aryl methyl sites for hydroxylation is 1. The number of nitrogens with zero attached hydrogens (tertiary/aromatic N) is 1. The molecule has 0 aliphatic carbocycles. The summed E-state index contributed by atoms with van der Waals surface area (Å²) in [5.41, 5.74) is 1.16. The molecular weight excluding hydrogens is 296 g/mol. The van der Waals surface area contributed by atoms with Crippen LogP contribution in [0.5, 0.6) is 5.75 Å². The first kappa shape index (κ1) is 17.1. The van der Waals surface area contributed by atoms with Gasteiger partial charge in [0.1, 0.15) is 12.3 Å². The molecular formula is C17H24N2O4. The van der Waals surface area contributed by atoms with Crippen molar-refractivity contribution in [3.8, 4) is 5.75 Å². The van der Waals surface area contributed by atoms with Crippen LogP contribution in [0.3, 0.4) is 0 Å². The number of alkyl carbamates (subject to hydrolysis) is 1. The van der Waals surface area contributed by atoms with Gasteiger partial charge in [-0.2, -0.15) is 0 Å². The van der Waals surface area contributed by atoms with Crippen molar-refractivity contribution in [2.45, 2.75) is 19.8 Å². The van der Waals surface area contributed by atoms with Crippen LogP contribution in [-0.4, -0.2) is 50.3 Å². The third-order valence-electron chi connectivity index (χ3n) is 3.92. The minimum atomic E-state index is -0.588. The number of hydrogen-bond donors (Lipinski definition) is 1. The maximum absolute atomic E-state index is 12.1. The van der Waals surface area contributed by atoms with Crippen LogP contribution in [0.4, 0.5) is 4.79 Å². The summed E-state index contributed by atoms with van der Waals surface area (Å²) in [6.45, 7) is 3.98. The summed E-state index contributed by atoms with van der Waals surface area (Å²) >= 11 is 0. The summed E-state index contributed by atoms with van der Waals surface area (Å²) < 4.78 is 10.3. The smallest absolute Gasteiger partial charge is 0.407 e. The Labute approximate surface area is 136 Å². The van der Waals surface area contributed by atoms with Gasteiger partial charge in [-0.05, 0) is 37.5 Å². The number of methoxy groups -OCH3 is 1. The highest BCUT2D eigenvalue weighted by molar-refractivity contribution is 5.82. The largest absolute Gasteiger partial charge is 0.493 e. The molecule has 6 nitrogen and oxygen atoms in total. The predicted molar refractivity (Wildman–Crippen MR) is 86.4 cm³/mol. The van der Waals surface area contributed by atoms with Crippen molar-refractivity contribution in [2.24, 2.45) is 5.92 Å². The van der Waals surface area contributed by atoms with Gasteiger partial charge in [-0.25, -0.2) is 4.79 Å². The number of hydrogen-bond acceptors (Lipinski definition) is 4. The molecule has 23 heavy (non-hydrogen) atoms. The summed E-state index contributed by atoms with van der Waals surface area (Å²) in [6.07, 6.45) is 1.40. The molecule has 1 aromatic rings. The highest BCUT2D eigenvalue weighted by atomic mass is 16.5. The SMILES string of the molecule is COC(=O)NCC(=O)N1CCC[C@@H](COc2cccc(C)c2)C1. The fourth-order valence-electron chi connectivity index (χ4n) is 2.68. The number of nitrogens with one attached hydrogen (secondary N) is 1. The molecule has 0 aromatic heterocycles. The van der Waals surface area contributed by atoms with Crippen molar-refractivity contribution in [3.63, 3.8) is 0 Å². The summed E-state index contributed by atoms with van der Waals surface area (Å²) in [6, 6.07) is 7.95. The van der Waals surface area contributed by atoms with Crippen molar-refractivity contribution in [3.05, 3.63) is 29.8 Å². The number of carbonyl (C=O) groups excluding carboxylic acids is 2. The van der Waals surface area contributed by atoms with E-state index in [1.54, 1.807) is 4.90 Å². The molecule has 0 saturated carbocycles. The molecule has 1 heterocycles. The Balaban J connectivity index is 1.78. The van der Waals surface area contributed by atoms with Crippen LogP contribution < -0.4 is 10.1 Å². The highest BCUT2D eigenvalue weighted by Crippen LogP contribution is 2.19. The molecule has 1 aliphatic rings. The third kappa shape index (κ3) is 5.47. The van der Waals surface area contributed by atoms with Crippen molar-refractivity contribution >= 4 is 12.0 Å². The van der Waals surface area contributed by atoms with E-state index in [0.29, 0.717) is 19.1 Å². The first-order valence-electron chi connectivity index (χ1n) is 7.87. The number of benzene rings is 1. The molecule has 0 radical (unpaired) electrons. The maximum atomic E-state index is 12.1. The Bertz CT molecular complexity index is 547. The third-order valence-corrected chi connectivity index (χ3v) is 3.92. The summed E-state index contributed by atoms with van der Waals surface area (Å²) in [5, 5.41) is 2.42. The number of piperidine rings is 1. The number of ether oxygens (including phenoxy) is 2. The highest BCUT2D eigenvalue weighted by Gasteiger charge is 2.24. The van der Waals surface area contributed by atoms with E-state index < -0.39 is 6.09 Å². The lowest BCUT2D eigenvalue weighted by atomic mass is 9.99. The van der Waals surface area contributed by atoms with E-state index in [4.69, 9.17) is 4.74 Å². The Kier molecular flexibility index (Phi) is 6.26. The first-order valence-corrected chi connectivity index (χ1v) is 7.87. The average molecular weight is 320 g/mol. The second kappa shape index (κ2) is 8.41. The standard InChI is InChI=1S/C17H24N2O4/c1-13-5-3-7-15(9-13)23-12-14-6-4-8-19(11-14)16(20)10-18-17(21)22-2/h3,5,7,9,14H,4,6,8,10-12H2,1-2H3,(H,18,21)/t14-/m1/s1. The van der Waals surface area contributed by atoms with Gasteiger partial charge in [0.2, 0.25) is 5.91 Å². The zero-order chi connectivity index (χ0) is 16.7. The van der Waals surface area contributed by atoms with Crippen LogP contribution in [0.25, 0.3) is 0 Å². The Hall–Kier alpha value is -2.24. The zero-order valence-electron chi connectivity index (χ0n) is 13.7. The van der Waals surface area contributed by atoms with Gasteiger partial charge in [-0.1, -0.05) is 12.1 Å². The van der Waals surface area contributed by atoms with Crippen LogP contribution in [0.15, 0.2) is 24.3 Å². The van der Waals surface area contributed by atoms with Crippen LogP contribution in [0.2, 0.25) is 0 Å². The van der Waals surface area contributed by atoms with E-state index in [0.717, 1.165) is 30.7 Å². The van der Waals surface area contributed by atoms with Gasteiger partial charge in [0.15, 0.2) is 0 Å². The molecule has 0 spiro atoms. The second-order valence-electron chi connectivity index (χ2n) is 5.82. The topological polar surface area (TPSA) is 67.9 Å². The van der Waals surface area contributed by atoms with Crippen molar-refractivity contribution in [1.29, 1.82) is 0 Å². The molecule has 6 heteroatoms. The first-order chi connectivity index (χ1) is 11.1. The van der Waals surface area contributed by atoms with Gasteiger partial charge in [0.05, 0.1) is 13.7 Å². The minimum absolute atomic E-state index is 0.0296. The molecule has 1 aliphatic heterocycles. The van der Waals surface area contributed by atoms with E-state index in [-0.39, 0.29) is 12.5 Å². The summed E-state index contributed by atoms with van der Waals surface area (Å²) in [4.78, 5) is 24.9. The minimum Gasteiger partial charge on any atom is -0.493 e. The van der Waals surface area contributed by atoms with Crippen LogP contribution in [-0.2, 0) is 9.53 Å². The van der Waals surface area contributed by atoms with Gasteiger partial charge in [0, 0.05) is 19.0 Å².